The smallest absolute Gasteiger partial charge is 0.0751 e. The van der Waals surface area contributed by atoms with Crippen LogP contribution >= 0.6 is 0 Å². The Balaban J connectivity index is 1.78. The van der Waals surface area contributed by atoms with Crippen LogP contribution in [0.1, 0.15) is 0 Å². The van der Waals surface area contributed by atoms with Crippen LogP contribution in [0.3, 0.4) is 0 Å². The van der Waals surface area contributed by atoms with Crippen molar-refractivity contribution in [2.45, 2.75) is 0 Å². The Morgan fingerprint density at radius 2 is 1.58 bits per heavy atom. The molecule has 4 aromatic rings. The molecule has 0 unspecified atom stereocenters. The van der Waals surface area contributed by atoms with Crippen molar-refractivity contribution >= 4 is 44.6 Å². The lowest BCUT2D eigenvalue weighted by atomic mass is 10.1. The predicted molar refractivity (Wildman–Crippen MR) is 109 cm³/mol. The molecule has 0 aliphatic carbocycles. The van der Waals surface area contributed by atoms with Gasteiger partial charge in [-0.05, 0) is 48.5 Å². The number of nitrogens with two attached hydrogens (primary N) is 1. The molecule has 0 saturated carbocycles. The quantitative estimate of drug-likeness (QED) is 0.323. The average molecular weight is 344 g/mol. The maximum Gasteiger partial charge on any atom is 0.0751 e. The summed E-state index contributed by atoms with van der Waals surface area (Å²) in [4.78, 5) is 4.73. The Hall–Kier alpha value is -3.31. The van der Waals surface area contributed by atoms with Crippen LogP contribution < -0.4 is 16.4 Å². The third kappa shape index (κ3) is 3.12. The molecule has 3 aromatic carbocycles. The molecular formula is C21H20N4O. The highest BCUT2D eigenvalue weighted by molar-refractivity contribution is 6.09. The zero-order valence-corrected chi connectivity index (χ0v) is 14.2. The number of nitrogens with one attached hydrogen (secondary N) is 2. The molecule has 5 nitrogen and oxygen atoms in total. The summed E-state index contributed by atoms with van der Waals surface area (Å²) < 4.78 is 0. The molecule has 0 fully saturated rings. The predicted octanol–water partition coefficient (Wildman–Crippen LogP) is 4.12. The first-order valence-electron chi connectivity index (χ1n) is 8.54. The molecule has 0 atom stereocenters. The molecule has 0 spiro atoms. The van der Waals surface area contributed by atoms with Gasteiger partial charge in [0, 0.05) is 34.4 Å². The topological polar surface area (TPSA) is 83.2 Å². The second-order valence-electron chi connectivity index (χ2n) is 6.13. The van der Waals surface area contributed by atoms with Gasteiger partial charge in [0.2, 0.25) is 0 Å². The number of aliphatic hydroxyl groups excluding tert-OH is 1. The van der Waals surface area contributed by atoms with E-state index in [4.69, 9.17) is 15.8 Å². The van der Waals surface area contributed by atoms with Crippen LogP contribution in [0.2, 0.25) is 0 Å². The van der Waals surface area contributed by atoms with Gasteiger partial charge in [0.25, 0.3) is 0 Å². The van der Waals surface area contributed by atoms with Crippen molar-refractivity contribution in [3.8, 4) is 0 Å². The number of benzene rings is 3. The minimum Gasteiger partial charge on any atom is -0.399 e. The van der Waals surface area contributed by atoms with E-state index in [1.54, 1.807) is 0 Å². The molecule has 0 saturated heterocycles. The lowest BCUT2D eigenvalue weighted by Crippen LogP contribution is -2.05. The second kappa shape index (κ2) is 6.90. The van der Waals surface area contributed by atoms with Crippen molar-refractivity contribution in [3.05, 3.63) is 66.7 Å². The van der Waals surface area contributed by atoms with E-state index >= 15 is 0 Å². The highest BCUT2D eigenvalue weighted by atomic mass is 16.3. The summed E-state index contributed by atoms with van der Waals surface area (Å²) in [5.41, 5.74) is 11.4. The van der Waals surface area contributed by atoms with Crippen molar-refractivity contribution in [2.24, 2.45) is 0 Å². The number of para-hydroxylation sites is 1. The van der Waals surface area contributed by atoms with Crippen LogP contribution in [0.4, 0.5) is 22.7 Å². The van der Waals surface area contributed by atoms with Gasteiger partial charge in [-0.15, -0.1) is 0 Å². The molecule has 1 aromatic heterocycles. The van der Waals surface area contributed by atoms with Crippen LogP contribution in [0.25, 0.3) is 21.8 Å². The van der Waals surface area contributed by atoms with Crippen LogP contribution in [0.5, 0.6) is 0 Å². The fraction of sp³-hybridized carbons (Fsp3) is 0.0952. The SMILES string of the molecule is Nc1ccc2c(Nc3ccc(NCCO)cc3)c3ccccc3nc2c1. The van der Waals surface area contributed by atoms with Gasteiger partial charge in [0.1, 0.15) is 0 Å². The van der Waals surface area contributed by atoms with E-state index in [1.165, 1.54) is 0 Å². The van der Waals surface area contributed by atoms with Gasteiger partial charge in [-0.2, -0.15) is 0 Å². The zero-order chi connectivity index (χ0) is 17.9. The van der Waals surface area contributed by atoms with Gasteiger partial charge >= 0.3 is 0 Å². The van der Waals surface area contributed by atoms with E-state index in [2.05, 4.69) is 16.7 Å². The molecule has 130 valence electrons. The maximum atomic E-state index is 8.91. The van der Waals surface area contributed by atoms with Crippen LogP contribution in [0.15, 0.2) is 66.7 Å². The lowest BCUT2D eigenvalue weighted by Gasteiger charge is -2.14. The van der Waals surface area contributed by atoms with Crippen molar-refractivity contribution in [1.82, 2.24) is 4.98 Å². The standard InChI is InChI=1S/C21H20N4O/c22-14-5-10-18-20(13-14)25-19-4-2-1-3-17(19)21(18)24-16-8-6-15(7-9-16)23-11-12-26/h1-10,13,23,26H,11-12,22H2,(H,24,25). The second-order valence-corrected chi connectivity index (χ2v) is 6.13. The van der Waals surface area contributed by atoms with Crippen molar-refractivity contribution in [2.75, 3.05) is 29.5 Å². The monoisotopic (exact) mass is 344 g/mol. The van der Waals surface area contributed by atoms with Gasteiger partial charge in [-0.25, -0.2) is 4.98 Å². The summed E-state index contributed by atoms with van der Waals surface area (Å²) >= 11 is 0. The normalized spacial score (nSPS) is 11.0. The molecule has 1 heterocycles. The zero-order valence-electron chi connectivity index (χ0n) is 14.2. The average Bonchev–Trinajstić information content (AvgIpc) is 2.67. The van der Waals surface area contributed by atoms with E-state index in [1.807, 2.05) is 60.7 Å². The number of aromatic nitrogens is 1. The van der Waals surface area contributed by atoms with Crippen LogP contribution in [-0.4, -0.2) is 23.2 Å². The van der Waals surface area contributed by atoms with Crippen molar-refractivity contribution in [3.63, 3.8) is 0 Å². The van der Waals surface area contributed by atoms with E-state index in [9.17, 15) is 0 Å². The number of anilines is 4. The van der Waals surface area contributed by atoms with Gasteiger partial charge in [0.15, 0.2) is 0 Å². The van der Waals surface area contributed by atoms with Crippen LogP contribution in [0, 0.1) is 0 Å². The molecule has 0 aliphatic rings. The summed E-state index contributed by atoms with van der Waals surface area (Å²) in [7, 11) is 0. The highest BCUT2D eigenvalue weighted by Crippen LogP contribution is 2.34. The number of fused-ring (bicyclic) bond motifs is 2. The molecule has 4 rings (SSSR count). The maximum absolute atomic E-state index is 8.91. The largest absolute Gasteiger partial charge is 0.399 e. The molecule has 0 amide bonds. The molecular weight excluding hydrogens is 324 g/mol. The Kier molecular flexibility index (Phi) is 4.29. The lowest BCUT2D eigenvalue weighted by molar-refractivity contribution is 0.311. The number of nitrogen functional groups attached to an aromatic ring is 1. The van der Waals surface area contributed by atoms with Gasteiger partial charge in [-0.3, -0.25) is 0 Å². The molecule has 0 bridgehead atoms. The summed E-state index contributed by atoms with van der Waals surface area (Å²) in [6.45, 7) is 0.645. The van der Waals surface area contributed by atoms with Gasteiger partial charge in [0.05, 0.1) is 23.3 Å². The number of nitrogens with zero attached hydrogens (tertiary/aromatic N) is 1. The molecule has 0 radical (unpaired) electrons. The Labute approximate surface area is 151 Å². The van der Waals surface area contributed by atoms with E-state index in [0.717, 1.165) is 38.9 Å². The van der Waals surface area contributed by atoms with E-state index < -0.39 is 0 Å². The number of aliphatic hydroxyl groups is 1. The highest BCUT2D eigenvalue weighted by Gasteiger charge is 2.09. The Bertz CT molecular complexity index is 1060. The fourth-order valence-corrected chi connectivity index (χ4v) is 3.06. The first-order chi connectivity index (χ1) is 12.7. The summed E-state index contributed by atoms with van der Waals surface area (Å²) in [5.74, 6) is 0. The number of pyridine rings is 1. The van der Waals surface area contributed by atoms with Gasteiger partial charge in [-0.1, -0.05) is 18.2 Å². The number of hydrogen-bond acceptors (Lipinski definition) is 5. The third-order valence-corrected chi connectivity index (χ3v) is 4.30. The summed E-state index contributed by atoms with van der Waals surface area (Å²) in [5, 5.41) is 17.7. The number of rotatable bonds is 5. The Morgan fingerprint density at radius 3 is 2.38 bits per heavy atom. The first kappa shape index (κ1) is 16.2. The molecule has 5 N–H and O–H groups in total. The summed E-state index contributed by atoms with van der Waals surface area (Å²) in [6, 6.07) is 21.9. The van der Waals surface area contributed by atoms with Gasteiger partial charge < -0.3 is 21.5 Å². The number of hydrogen-bond donors (Lipinski definition) is 4. The molecule has 0 aliphatic heterocycles. The minimum atomic E-state index is 0.109. The van der Waals surface area contributed by atoms with Crippen molar-refractivity contribution < 1.29 is 5.11 Å². The van der Waals surface area contributed by atoms with Crippen LogP contribution in [-0.2, 0) is 0 Å². The van der Waals surface area contributed by atoms with E-state index in [-0.39, 0.29) is 6.61 Å². The molecule has 26 heavy (non-hydrogen) atoms. The molecule has 5 heteroatoms. The van der Waals surface area contributed by atoms with E-state index in [0.29, 0.717) is 12.2 Å². The fourth-order valence-electron chi connectivity index (χ4n) is 3.06. The minimum absolute atomic E-state index is 0.109. The summed E-state index contributed by atoms with van der Waals surface area (Å²) in [6.07, 6.45) is 0. The van der Waals surface area contributed by atoms with Crippen molar-refractivity contribution in [1.29, 1.82) is 0 Å². The Morgan fingerprint density at radius 1 is 0.846 bits per heavy atom. The first-order valence-corrected chi connectivity index (χ1v) is 8.54. The third-order valence-electron chi connectivity index (χ3n) is 4.30.